The molecule has 0 bridgehead atoms. The van der Waals surface area contributed by atoms with Crippen LogP contribution in [0.5, 0.6) is 0 Å². The van der Waals surface area contributed by atoms with Crippen LogP contribution >= 0.6 is 0 Å². The first-order valence-electron chi connectivity index (χ1n) is 8.00. The van der Waals surface area contributed by atoms with Crippen molar-refractivity contribution in [1.29, 1.82) is 0 Å². The minimum absolute atomic E-state index is 0.172. The van der Waals surface area contributed by atoms with Gasteiger partial charge in [-0.2, -0.15) is 5.10 Å². The first-order chi connectivity index (χ1) is 11.1. The lowest BCUT2D eigenvalue weighted by atomic mass is 10.3. The Morgan fingerprint density at radius 1 is 1.22 bits per heavy atom. The average Bonchev–Trinajstić information content (AvgIpc) is 3.17. The summed E-state index contributed by atoms with van der Waals surface area (Å²) in [6.07, 6.45) is 3.81. The summed E-state index contributed by atoms with van der Waals surface area (Å²) in [6, 6.07) is 3.79. The highest BCUT2D eigenvalue weighted by molar-refractivity contribution is 5.92. The van der Waals surface area contributed by atoms with Crippen LogP contribution in [0.2, 0.25) is 0 Å². The van der Waals surface area contributed by atoms with Gasteiger partial charge in [0.15, 0.2) is 0 Å². The summed E-state index contributed by atoms with van der Waals surface area (Å²) < 4.78 is 1.89. The summed E-state index contributed by atoms with van der Waals surface area (Å²) in [5.74, 6) is 0.663. The van der Waals surface area contributed by atoms with Crippen LogP contribution < -0.4 is 10.2 Å². The lowest BCUT2D eigenvalue weighted by molar-refractivity contribution is 0.0946. The van der Waals surface area contributed by atoms with E-state index in [4.69, 9.17) is 0 Å². The molecule has 1 amide bonds. The van der Waals surface area contributed by atoms with Gasteiger partial charge < -0.3 is 10.2 Å². The highest BCUT2D eigenvalue weighted by Gasteiger charge is 2.16. The zero-order valence-electron chi connectivity index (χ0n) is 13.6. The Labute approximate surface area is 135 Å². The van der Waals surface area contributed by atoms with Gasteiger partial charge in [0.05, 0.1) is 12.2 Å². The van der Waals surface area contributed by atoms with E-state index in [-0.39, 0.29) is 5.91 Å². The van der Waals surface area contributed by atoms with Crippen molar-refractivity contribution in [2.24, 2.45) is 0 Å². The summed E-state index contributed by atoms with van der Waals surface area (Å²) in [6.45, 7) is 7.13. The number of hydrogen-bond donors (Lipinski definition) is 1. The van der Waals surface area contributed by atoms with Crippen molar-refractivity contribution in [3.8, 4) is 0 Å². The molecular weight excluding hydrogens is 292 g/mol. The van der Waals surface area contributed by atoms with Crippen LogP contribution in [-0.2, 0) is 6.54 Å². The Morgan fingerprint density at radius 3 is 2.70 bits per heavy atom. The molecule has 1 aliphatic rings. The standard InChI is InChI=1S/C16H22N6O/c1-12-9-13(2)22(20-12)8-5-17-16(23)14-10-15(19-11-18-14)21-6-3-4-7-21/h9-11H,3-8H2,1-2H3,(H,17,23). The van der Waals surface area contributed by atoms with Gasteiger partial charge in [0, 0.05) is 31.4 Å². The Morgan fingerprint density at radius 2 is 2.00 bits per heavy atom. The van der Waals surface area contributed by atoms with Gasteiger partial charge in [-0.1, -0.05) is 0 Å². The van der Waals surface area contributed by atoms with Crippen molar-refractivity contribution in [3.63, 3.8) is 0 Å². The number of nitrogens with zero attached hydrogens (tertiary/aromatic N) is 5. The molecule has 7 heteroatoms. The number of carbonyl (C=O) groups excluding carboxylic acids is 1. The van der Waals surface area contributed by atoms with Gasteiger partial charge in [0.2, 0.25) is 0 Å². The van der Waals surface area contributed by atoms with Gasteiger partial charge in [-0.05, 0) is 32.8 Å². The van der Waals surface area contributed by atoms with Crippen molar-refractivity contribution in [1.82, 2.24) is 25.1 Å². The third-order valence-electron chi connectivity index (χ3n) is 4.03. The maximum absolute atomic E-state index is 12.2. The van der Waals surface area contributed by atoms with Gasteiger partial charge in [-0.25, -0.2) is 9.97 Å². The van der Waals surface area contributed by atoms with Crippen LogP contribution in [0.3, 0.4) is 0 Å². The second-order valence-electron chi connectivity index (χ2n) is 5.86. The zero-order chi connectivity index (χ0) is 16.2. The van der Waals surface area contributed by atoms with Crippen molar-refractivity contribution >= 4 is 11.7 Å². The predicted molar refractivity (Wildman–Crippen MR) is 87.5 cm³/mol. The van der Waals surface area contributed by atoms with Crippen molar-refractivity contribution in [2.75, 3.05) is 24.5 Å². The molecule has 0 saturated carbocycles. The van der Waals surface area contributed by atoms with Gasteiger partial charge in [-0.15, -0.1) is 0 Å². The van der Waals surface area contributed by atoms with E-state index in [1.165, 1.54) is 19.2 Å². The quantitative estimate of drug-likeness (QED) is 0.901. The minimum atomic E-state index is -0.172. The number of amides is 1. The topological polar surface area (TPSA) is 75.9 Å². The van der Waals surface area contributed by atoms with Crippen molar-refractivity contribution in [2.45, 2.75) is 33.2 Å². The molecule has 23 heavy (non-hydrogen) atoms. The fourth-order valence-corrected chi connectivity index (χ4v) is 2.86. The maximum Gasteiger partial charge on any atom is 0.270 e. The minimum Gasteiger partial charge on any atom is -0.357 e. The number of anilines is 1. The number of carbonyl (C=O) groups is 1. The van der Waals surface area contributed by atoms with E-state index in [0.29, 0.717) is 18.8 Å². The van der Waals surface area contributed by atoms with Crippen molar-refractivity contribution in [3.05, 3.63) is 35.5 Å². The molecule has 1 fully saturated rings. The largest absolute Gasteiger partial charge is 0.357 e. The summed E-state index contributed by atoms with van der Waals surface area (Å²) in [4.78, 5) is 22.8. The van der Waals surface area contributed by atoms with Gasteiger partial charge >= 0.3 is 0 Å². The molecule has 0 radical (unpaired) electrons. The zero-order valence-corrected chi connectivity index (χ0v) is 13.6. The average molecular weight is 314 g/mol. The summed E-state index contributed by atoms with van der Waals surface area (Å²) >= 11 is 0. The number of aromatic nitrogens is 4. The van der Waals surface area contributed by atoms with Crippen LogP contribution in [0.25, 0.3) is 0 Å². The SMILES string of the molecule is Cc1cc(C)n(CCNC(=O)c2cc(N3CCCC3)ncn2)n1. The van der Waals surface area contributed by atoms with Gasteiger partial charge in [0.1, 0.15) is 17.8 Å². The Hall–Kier alpha value is -2.44. The molecule has 0 aromatic carbocycles. The van der Waals surface area contributed by atoms with Gasteiger partial charge in [-0.3, -0.25) is 9.48 Å². The lowest BCUT2D eigenvalue weighted by Gasteiger charge is -2.16. The molecular formula is C16H22N6O. The molecule has 2 aromatic heterocycles. The molecule has 1 saturated heterocycles. The smallest absolute Gasteiger partial charge is 0.270 e. The second-order valence-corrected chi connectivity index (χ2v) is 5.86. The van der Waals surface area contributed by atoms with Crippen LogP contribution in [0.4, 0.5) is 5.82 Å². The molecule has 0 spiro atoms. The molecule has 0 unspecified atom stereocenters. The Kier molecular flexibility index (Phi) is 4.55. The van der Waals surface area contributed by atoms with E-state index in [9.17, 15) is 4.79 Å². The molecule has 3 heterocycles. The summed E-state index contributed by atoms with van der Waals surface area (Å²) in [5.41, 5.74) is 2.49. The predicted octanol–water partition coefficient (Wildman–Crippen LogP) is 1.32. The number of nitrogens with one attached hydrogen (secondary N) is 1. The monoisotopic (exact) mass is 314 g/mol. The first kappa shape index (κ1) is 15.5. The first-order valence-corrected chi connectivity index (χ1v) is 8.00. The maximum atomic E-state index is 12.2. The molecule has 3 rings (SSSR count). The number of hydrogen-bond acceptors (Lipinski definition) is 5. The Bertz CT molecular complexity index is 690. The van der Waals surface area contributed by atoms with Crippen LogP contribution in [0.15, 0.2) is 18.5 Å². The third-order valence-corrected chi connectivity index (χ3v) is 4.03. The molecule has 0 atom stereocenters. The highest BCUT2D eigenvalue weighted by Crippen LogP contribution is 2.17. The van der Waals surface area contributed by atoms with Crippen LogP contribution in [0.1, 0.15) is 34.7 Å². The van der Waals surface area contributed by atoms with E-state index in [2.05, 4.69) is 25.3 Å². The lowest BCUT2D eigenvalue weighted by Crippen LogP contribution is -2.29. The third kappa shape index (κ3) is 3.67. The summed E-state index contributed by atoms with van der Waals surface area (Å²) in [5, 5.41) is 7.27. The van der Waals surface area contributed by atoms with E-state index >= 15 is 0 Å². The molecule has 0 aliphatic carbocycles. The van der Waals surface area contributed by atoms with E-state index in [1.54, 1.807) is 6.07 Å². The van der Waals surface area contributed by atoms with E-state index in [0.717, 1.165) is 30.3 Å². The van der Waals surface area contributed by atoms with Gasteiger partial charge in [0.25, 0.3) is 5.91 Å². The molecule has 1 aliphatic heterocycles. The highest BCUT2D eigenvalue weighted by atomic mass is 16.1. The second kappa shape index (κ2) is 6.76. The van der Waals surface area contributed by atoms with E-state index < -0.39 is 0 Å². The van der Waals surface area contributed by atoms with Crippen LogP contribution in [-0.4, -0.2) is 45.3 Å². The molecule has 2 aromatic rings. The fraction of sp³-hybridized carbons (Fsp3) is 0.500. The van der Waals surface area contributed by atoms with Crippen molar-refractivity contribution < 1.29 is 4.79 Å². The van der Waals surface area contributed by atoms with Crippen LogP contribution in [0, 0.1) is 13.8 Å². The number of rotatable bonds is 5. The fourth-order valence-electron chi connectivity index (χ4n) is 2.86. The molecule has 1 N–H and O–H groups in total. The molecule has 122 valence electrons. The van der Waals surface area contributed by atoms with E-state index in [1.807, 2.05) is 24.6 Å². The Balaban J connectivity index is 1.57. The molecule has 7 nitrogen and oxygen atoms in total. The normalized spacial score (nSPS) is 14.3. The number of aryl methyl sites for hydroxylation is 2. The summed E-state index contributed by atoms with van der Waals surface area (Å²) in [7, 11) is 0.